The molecule has 1 aliphatic heterocycles. The van der Waals surface area contributed by atoms with Crippen molar-refractivity contribution in [2.24, 2.45) is 0 Å². The van der Waals surface area contributed by atoms with Gasteiger partial charge in [-0.2, -0.15) is 4.68 Å². The summed E-state index contributed by atoms with van der Waals surface area (Å²) in [4.78, 5) is 13.7. The van der Waals surface area contributed by atoms with Crippen LogP contribution in [0.2, 0.25) is 0 Å². The molecule has 1 fully saturated rings. The minimum Gasteiger partial charge on any atom is -0.466 e. The van der Waals surface area contributed by atoms with Gasteiger partial charge in [-0.05, 0) is 41.6 Å². The Hall–Kier alpha value is -3.16. The molecule has 0 unspecified atom stereocenters. The molecular formula is C18H20N6O2. The van der Waals surface area contributed by atoms with Crippen molar-refractivity contribution >= 4 is 11.9 Å². The molecule has 2 atom stereocenters. The fourth-order valence-electron chi connectivity index (χ4n) is 3.43. The van der Waals surface area contributed by atoms with Crippen LogP contribution in [0.3, 0.4) is 0 Å². The van der Waals surface area contributed by atoms with Crippen molar-refractivity contribution in [1.29, 1.82) is 0 Å². The van der Waals surface area contributed by atoms with Gasteiger partial charge in [0.2, 0.25) is 11.9 Å². The number of amides is 1. The number of hydrogen-bond acceptors (Lipinski definition) is 6. The van der Waals surface area contributed by atoms with Crippen LogP contribution in [-0.2, 0) is 4.79 Å². The zero-order valence-corrected chi connectivity index (χ0v) is 14.7. The van der Waals surface area contributed by atoms with E-state index in [1.807, 2.05) is 49.4 Å². The Morgan fingerprint density at radius 1 is 1.19 bits per heavy atom. The van der Waals surface area contributed by atoms with E-state index in [0.717, 1.165) is 17.2 Å². The standard InChI is InChI=1S/C18H20N6O2/c1-12-8-9-17(26-12)15-10-23(11-16(15)19-13(2)25)18-20-21-22-24(18)14-6-4-3-5-7-14/h3-9,15-16H,10-11H2,1-2H3,(H,19,25)/t15-,16-/m1/s1. The SMILES string of the molecule is CC(=O)N[C@@H]1CN(c2nnnn2-c2ccccc2)C[C@H]1c1ccc(C)o1. The van der Waals surface area contributed by atoms with Crippen LogP contribution < -0.4 is 10.2 Å². The third-order valence-electron chi connectivity index (χ3n) is 4.57. The van der Waals surface area contributed by atoms with Crippen molar-refractivity contribution in [3.05, 3.63) is 54.0 Å². The van der Waals surface area contributed by atoms with Gasteiger partial charge in [0.15, 0.2) is 0 Å². The van der Waals surface area contributed by atoms with E-state index >= 15 is 0 Å². The van der Waals surface area contributed by atoms with Crippen molar-refractivity contribution in [3.63, 3.8) is 0 Å². The van der Waals surface area contributed by atoms with E-state index in [0.29, 0.717) is 19.0 Å². The number of aromatic nitrogens is 4. The number of nitrogens with one attached hydrogen (secondary N) is 1. The summed E-state index contributed by atoms with van der Waals surface area (Å²) in [5.74, 6) is 2.34. The summed E-state index contributed by atoms with van der Waals surface area (Å²) in [5, 5.41) is 15.2. The van der Waals surface area contributed by atoms with Gasteiger partial charge in [-0.25, -0.2) is 0 Å². The van der Waals surface area contributed by atoms with E-state index in [2.05, 4.69) is 25.7 Å². The summed E-state index contributed by atoms with van der Waals surface area (Å²) in [6, 6.07) is 13.6. The molecular weight excluding hydrogens is 332 g/mol. The Morgan fingerprint density at radius 2 is 2.00 bits per heavy atom. The molecule has 4 rings (SSSR count). The average Bonchev–Trinajstić information content (AvgIpc) is 3.34. The maximum atomic E-state index is 11.7. The maximum Gasteiger partial charge on any atom is 0.250 e. The molecule has 0 radical (unpaired) electrons. The lowest BCUT2D eigenvalue weighted by molar-refractivity contribution is -0.119. The van der Waals surface area contributed by atoms with Gasteiger partial charge in [0.1, 0.15) is 11.5 Å². The first-order valence-electron chi connectivity index (χ1n) is 8.54. The Bertz CT molecular complexity index is 903. The quantitative estimate of drug-likeness (QED) is 0.768. The summed E-state index contributed by atoms with van der Waals surface area (Å²) in [6.45, 7) is 4.71. The predicted molar refractivity (Wildman–Crippen MR) is 95.2 cm³/mol. The lowest BCUT2D eigenvalue weighted by Crippen LogP contribution is -2.38. The fourth-order valence-corrected chi connectivity index (χ4v) is 3.43. The molecule has 1 saturated heterocycles. The highest BCUT2D eigenvalue weighted by Crippen LogP contribution is 2.31. The number of tetrazole rings is 1. The van der Waals surface area contributed by atoms with E-state index in [1.165, 1.54) is 6.92 Å². The number of rotatable bonds is 4. The van der Waals surface area contributed by atoms with Crippen molar-refractivity contribution < 1.29 is 9.21 Å². The molecule has 1 aromatic carbocycles. The number of carbonyl (C=O) groups excluding carboxylic acids is 1. The number of para-hydroxylation sites is 1. The summed E-state index contributed by atoms with van der Waals surface area (Å²) in [7, 11) is 0. The number of hydrogen-bond donors (Lipinski definition) is 1. The van der Waals surface area contributed by atoms with E-state index < -0.39 is 0 Å². The number of carbonyl (C=O) groups is 1. The van der Waals surface area contributed by atoms with Gasteiger partial charge in [-0.3, -0.25) is 4.79 Å². The highest BCUT2D eigenvalue weighted by Gasteiger charge is 2.38. The summed E-state index contributed by atoms with van der Waals surface area (Å²) >= 11 is 0. The van der Waals surface area contributed by atoms with Gasteiger partial charge in [0.05, 0.1) is 17.6 Å². The first-order chi connectivity index (χ1) is 12.6. The predicted octanol–water partition coefficient (Wildman–Crippen LogP) is 1.67. The molecule has 8 nitrogen and oxygen atoms in total. The monoisotopic (exact) mass is 352 g/mol. The highest BCUT2D eigenvalue weighted by atomic mass is 16.3. The molecule has 8 heteroatoms. The smallest absolute Gasteiger partial charge is 0.250 e. The molecule has 1 amide bonds. The molecule has 3 heterocycles. The van der Waals surface area contributed by atoms with Crippen LogP contribution in [0, 0.1) is 6.92 Å². The Labute approximate surface area is 150 Å². The molecule has 0 spiro atoms. The number of benzene rings is 1. The van der Waals surface area contributed by atoms with Crippen molar-refractivity contribution in [2.75, 3.05) is 18.0 Å². The highest BCUT2D eigenvalue weighted by molar-refractivity contribution is 5.73. The van der Waals surface area contributed by atoms with Crippen molar-refractivity contribution in [2.45, 2.75) is 25.8 Å². The third-order valence-corrected chi connectivity index (χ3v) is 4.57. The minimum absolute atomic E-state index is 0.0357. The van der Waals surface area contributed by atoms with Crippen LogP contribution in [0.1, 0.15) is 24.4 Å². The third kappa shape index (κ3) is 3.05. The lowest BCUT2D eigenvalue weighted by Gasteiger charge is -2.17. The first-order valence-corrected chi connectivity index (χ1v) is 8.54. The Balaban J connectivity index is 1.65. The fraction of sp³-hybridized carbons (Fsp3) is 0.333. The molecule has 1 aliphatic rings. The molecule has 26 heavy (non-hydrogen) atoms. The zero-order chi connectivity index (χ0) is 18.1. The van der Waals surface area contributed by atoms with Gasteiger partial charge in [0, 0.05) is 20.0 Å². The lowest BCUT2D eigenvalue weighted by atomic mass is 10.0. The minimum atomic E-state index is -0.0704. The summed E-state index contributed by atoms with van der Waals surface area (Å²) in [5.41, 5.74) is 0.890. The van der Waals surface area contributed by atoms with Crippen LogP contribution in [0.25, 0.3) is 5.69 Å². The van der Waals surface area contributed by atoms with Crippen LogP contribution >= 0.6 is 0 Å². The molecule has 1 N–H and O–H groups in total. The van der Waals surface area contributed by atoms with E-state index in [4.69, 9.17) is 4.42 Å². The second kappa shape index (κ2) is 6.62. The van der Waals surface area contributed by atoms with Gasteiger partial charge >= 0.3 is 0 Å². The van der Waals surface area contributed by atoms with Gasteiger partial charge < -0.3 is 14.6 Å². The van der Waals surface area contributed by atoms with Crippen LogP contribution in [0.15, 0.2) is 46.9 Å². The molecule has 3 aromatic rings. The molecule has 0 aliphatic carbocycles. The van der Waals surface area contributed by atoms with Crippen LogP contribution in [0.4, 0.5) is 5.95 Å². The van der Waals surface area contributed by atoms with Crippen LogP contribution in [0.5, 0.6) is 0 Å². The number of aryl methyl sites for hydroxylation is 1. The molecule has 0 bridgehead atoms. The zero-order valence-electron chi connectivity index (χ0n) is 14.7. The maximum absolute atomic E-state index is 11.7. The largest absolute Gasteiger partial charge is 0.466 e. The van der Waals surface area contributed by atoms with E-state index in [1.54, 1.807) is 4.68 Å². The number of furan rings is 1. The summed E-state index contributed by atoms with van der Waals surface area (Å²) in [6.07, 6.45) is 0. The van der Waals surface area contributed by atoms with E-state index in [-0.39, 0.29) is 17.9 Å². The normalized spacial score (nSPS) is 19.7. The number of nitrogens with zero attached hydrogens (tertiary/aromatic N) is 5. The van der Waals surface area contributed by atoms with Gasteiger partial charge in [-0.1, -0.05) is 23.3 Å². The Kier molecular flexibility index (Phi) is 4.16. The van der Waals surface area contributed by atoms with Crippen LogP contribution in [-0.4, -0.2) is 45.2 Å². The second-order valence-corrected chi connectivity index (χ2v) is 6.49. The van der Waals surface area contributed by atoms with Crippen molar-refractivity contribution in [1.82, 2.24) is 25.5 Å². The summed E-state index contributed by atoms with van der Waals surface area (Å²) < 4.78 is 7.53. The van der Waals surface area contributed by atoms with Gasteiger partial charge in [0.25, 0.3) is 0 Å². The van der Waals surface area contributed by atoms with Crippen molar-refractivity contribution in [3.8, 4) is 5.69 Å². The van der Waals surface area contributed by atoms with Gasteiger partial charge in [-0.15, -0.1) is 0 Å². The molecule has 0 saturated carbocycles. The molecule has 2 aromatic heterocycles. The van der Waals surface area contributed by atoms with E-state index in [9.17, 15) is 4.79 Å². The molecule has 134 valence electrons. The topological polar surface area (TPSA) is 89.1 Å². The number of anilines is 1. The average molecular weight is 352 g/mol. The Morgan fingerprint density at radius 3 is 2.69 bits per heavy atom. The second-order valence-electron chi connectivity index (χ2n) is 6.49. The first kappa shape index (κ1) is 16.3.